The van der Waals surface area contributed by atoms with Gasteiger partial charge in [-0.15, -0.1) is 0 Å². The molecule has 0 aliphatic carbocycles. The number of aromatic nitrogens is 1. The van der Waals surface area contributed by atoms with Gasteiger partial charge in [-0.1, -0.05) is 0 Å². The number of aromatic hydroxyl groups is 3. The lowest BCUT2D eigenvalue weighted by Crippen LogP contribution is -2.19. The Bertz CT molecular complexity index is 623. The van der Waals surface area contributed by atoms with Crippen LogP contribution in [0.25, 0.3) is 0 Å². The van der Waals surface area contributed by atoms with Crippen LogP contribution in [-0.2, 0) is 0 Å². The molecule has 0 aliphatic rings. The van der Waals surface area contributed by atoms with Gasteiger partial charge in [0.1, 0.15) is 5.82 Å². The smallest absolute Gasteiger partial charge is 0.324 e. The largest absolute Gasteiger partial charge is 0.504 e. The van der Waals surface area contributed by atoms with Gasteiger partial charge >= 0.3 is 6.03 Å². The first-order valence-corrected chi connectivity index (χ1v) is 6.19. The van der Waals surface area contributed by atoms with Gasteiger partial charge in [0.25, 0.3) is 0 Å². The zero-order valence-electron chi connectivity index (χ0n) is 9.96. The molecule has 20 heavy (non-hydrogen) atoms. The molecule has 1 aromatic carbocycles. The van der Waals surface area contributed by atoms with Crippen LogP contribution in [0.1, 0.15) is 0 Å². The third-order valence-electron chi connectivity index (χ3n) is 2.30. The molecule has 8 heteroatoms. The van der Waals surface area contributed by atoms with Crippen LogP contribution >= 0.6 is 15.9 Å². The van der Waals surface area contributed by atoms with Gasteiger partial charge in [0.2, 0.25) is 0 Å². The Balaban J connectivity index is 2.06. The molecular weight excluding hydrogens is 330 g/mol. The summed E-state index contributed by atoms with van der Waals surface area (Å²) in [4.78, 5) is 15.6. The van der Waals surface area contributed by atoms with Crippen LogP contribution in [0.4, 0.5) is 16.3 Å². The molecule has 0 fully saturated rings. The molecule has 5 N–H and O–H groups in total. The number of benzene rings is 1. The number of pyridine rings is 1. The molecule has 1 heterocycles. The second-order valence-corrected chi connectivity index (χ2v) is 4.72. The van der Waals surface area contributed by atoms with E-state index in [2.05, 4.69) is 31.5 Å². The minimum atomic E-state index is -0.648. The van der Waals surface area contributed by atoms with E-state index in [1.165, 1.54) is 6.20 Å². The zero-order chi connectivity index (χ0) is 14.7. The van der Waals surface area contributed by atoms with E-state index in [1.807, 2.05) is 0 Å². The van der Waals surface area contributed by atoms with Gasteiger partial charge in [-0.05, 0) is 28.1 Å². The normalized spacial score (nSPS) is 10.1. The number of halogens is 1. The van der Waals surface area contributed by atoms with E-state index in [0.29, 0.717) is 5.82 Å². The first-order chi connectivity index (χ1) is 9.45. The highest BCUT2D eigenvalue weighted by atomic mass is 79.9. The van der Waals surface area contributed by atoms with E-state index in [4.69, 9.17) is 0 Å². The van der Waals surface area contributed by atoms with Crippen LogP contribution in [0.2, 0.25) is 0 Å². The van der Waals surface area contributed by atoms with Crippen molar-refractivity contribution in [3.63, 3.8) is 0 Å². The molecule has 0 bridgehead atoms. The number of nitrogens with one attached hydrogen (secondary N) is 2. The molecule has 0 aliphatic heterocycles. The number of carbonyl (C=O) groups is 1. The number of hydrogen-bond donors (Lipinski definition) is 5. The summed E-state index contributed by atoms with van der Waals surface area (Å²) in [5, 5.41) is 32.7. The van der Waals surface area contributed by atoms with E-state index in [-0.39, 0.29) is 5.69 Å². The molecule has 0 saturated heterocycles. The third kappa shape index (κ3) is 3.29. The van der Waals surface area contributed by atoms with Crippen molar-refractivity contribution in [3.8, 4) is 17.2 Å². The van der Waals surface area contributed by atoms with Gasteiger partial charge in [0.05, 0.1) is 5.69 Å². The summed E-state index contributed by atoms with van der Waals surface area (Å²) in [5.41, 5.74) is 0.118. The van der Waals surface area contributed by atoms with E-state index < -0.39 is 23.3 Å². The highest BCUT2D eigenvalue weighted by molar-refractivity contribution is 9.10. The minimum absolute atomic E-state index is 0.118. The molecule has 2 rings (SSSR count). The number of hydrogen-bond acceptors (Lipinski definition) is 5. The Hall–Kier alpha value is -2.48. The van der Waals surface area contributed by atoms with E-state index in [0.717, 1.165) is 16.6 Å². The van der Waals surface area contributed by atoms with Crippen molar-refractivity contribution < 1.29 is 20.1 Å². The van der Waals surface area contributed by atoms with Crippen molar-refractivity contribution in [2.45, 2.75) is 0 Å². The van der Waals surface area contributed by atoms with Crippen LogP contribution in [0, 0.1) is 0 Å². The van der Waals surface area contributed by atoms with Crippen LogP contribution in [0.15, 0.2) is 34.9 Å². The van der Waals surface area contributed by atoms with Gasteiger partial charge < -0.3 is 20.6 Å². The minimum Gasteiger partial charge on any atom is -0.504 e. The topological polar surface area (TPSA) is 115 Å². The lowest BCUT2D eigenvalue weighted by molar-refractivity contribution is 0.262. The fraction of sp³-hybridized carbons (Fsp3) is 0. The number of rotatable bonds is 2. The SMILES string of the molecule is O=C(Nc1cc(O)c(O)c(O)c1)Nc1ccc(Br)cn1. The van der Waals surface area contributed by atoms with E-state index in [9.17, 15) is 20.1 Å². The van der Waals surface area contributed by atoms with Crippen LogP contribution in [0.5, 0.6) is 17.2 Å². The number of urea groups is 1. The molecule has 2 amide bonds. The maximum atomic E-state index is 11.7. The quantitative estimate of drug-likeness (QED) is 0.426. The van der Waals surface area contributed by atoms with Crippen LogP contribution < -0.4 is 10.6 Å². The Morgan fingerprint density at radius 3 is 2.30 bits per heavy atom. The van der Waals surface area contributed by atoms with E-state index >= 15 is 0 Å². The molecular formula is C12H10BrN3O4. The Labute approximate surface area is 122 Å². The molecule has 2 aromatic rings. The molecule has 0 spiro atoms. The van der Waals surface area contributed by atoms with Crippen molar-refractivity contribution >= 4 is 33.5 Å². The lowest BCUT2D eigenvalue weighted by Gasteiger charge is -2.09. The standard InChI is InChI=1S/C12H10BrN3O4/c13-6-1-2-10(14-5-6)16-12(20)15-7-3-8(17)11(19)9(18)4-7/h1-5,17-19H,(H2,14,15,16,20). The van der Waals surface area contributed by atoms with Crippen molar-refractivity contribution in [1.82, 2.24) is 4.98 Å². The van der Waals surface area contributed by atoms with Gasteiger partial charge in [-0.3, -0.25) is 5.32 Å². The molecule has 0 atom stereocenters. The number of anilines is 2. The number of amides is 2. The van der Waals surface area contributed by atoms with Crippen molar-refractivity contribution in [1.29, 1.82) is 0 Å². The van der Waals surface area contributed by atoms with Gasteiger partial charge in [0, 0.05) is 22.8 Å². The van der Waals surface area contributed by atoms with Crippen molar-refractivity contribution in [2.24, 2.45) is 0 Å². The number of nitrogens with zero attached hydrogens (tertiary/aromatic N) is 1. The van der Waals surface area contributed by atoms with Crippen LogP contribution in [-0.4, -0.2) is 26.3 Å². The number of carbonyl (C=O) groups excluding carboxylic acids is 1. The van der Waals surface area contributed by atoms with Crippen molar-refractivity contribution in [3.05, 3.63) is 34.9 Å². The zero-order valence-corrected chi connectivity index (χ0v) is 11.5. The summed E-state index contributed by atoms with van der Waals surface area (Å²) < 4.78 is 0.775. The average Bonchev–Trinajstić information content (AvgIpc) is 2.38. The molecule has 0 radical (unpaired) electrons. The van der Waals surface area contributed by atoms with E-state index in [1.54, 1.807) is 12.1 Å². The number of phenolic OH excluding ortho intramolecular Hbond substituents is 3. The molecule has 1 aromatic heterocycles. The van der Waals surface area contributed by atoms with Gasteiger partial charge in [-0.25, -0.2) is 9.78 Å². The monoisotopic (exact) mass is 339 g/mol. The first kappa shape index (κ1) is 13.9. The second kappa shape index (κ2) is 5.66. The molecule has 0 saturated carbocycles. The maximum absolute atomic E-state index is 11.7. The predicted molar refractivity (Wildman–Crippen MR) is 76.0 cm³/mol. The summed E-state index contributed by atoms with van der Waals surface area (Å²) >= 11 is 3.22. The van der Waals surface area contributed by atoms with Gasteiger partial charge in [-0.2, -0.15) is 0 Å². The fourth-order valence-electron chi connectivity index (χ4n) is 1.40. The summed E-state index contributed by atoms with van der Waals surface area (Å²) in [6, 6.07) is 4.90. The predicted octanol–water partition coefficient (Wildman–Crippen LogP) is 2.60. The number of phenols is 3. The van der Waals surface area contributed by atoms with Gasteiger partial charge in [0.15, 0.2) is 17.2 Å². The lowest BCUT2D eigenvalue weighted by atomic mass is 10.2. The Morgan fingerprint density at radius 2 is 1.75 bits per heavy atom. The summed E-state index contributed by atoms with van der Waals surface area (Å²) in [7, 11) is 0. The summed E-state index contributed by atoms with van der Waals surface area (Å²) in [5.74, 6) is -1.40. The second-order valence-electron chi connectivity index (χ2n) is 3.80. The molecule has 104 valence electrons. The van der Waals surface area contributed by atoms with Crippen molar-refractivity contribution in [2.75, 3.05) is 10.6 Å². The molecule has 7 nitrogen and oxygen atoms in total. The highest BCUT2D eigenvalue weighted by Crippen LogP contribution is 2.37. The summed E-state index contributed by atoms with van der Waals surface area (Å²) in [6.45, 7) is 0. The highest BCUT2D eigenvalue weighted by Gasteiger charge is 2.10. The van der Waals surface area contributed by atoms with Crippen LogP contribution in [0.3, 0.4) is 0 Å². The first-order valence-electron chi connectivity index (χ1n) is 5.40. The average molecular weight is 340 g/mol. The third-order valence-corrected chi connectivity index (χ3v) is 2.77. The summed E-state index contributed by atoms with van der Waals surface area (Å²) in [6.07, 6.45) is 1.52. The fourth-order valence-corrected chi connectivity index (χ4v) is 1.64. The Kier molecular flexibility index (Phi) is 3.94. The maximum Gasteiger partial charge on any atom is 0.324 e. The molecule has 0 unspecified atom stereocenters. The Morgan fingerprint density at radius 1 is 1.10 bits per heavy atom.